The highest BCUT2D eigenvalue weighted by atomic mass is 16.3. The van der Waals surface area contributed by atoms with Gasteiger partial charge in [0.15, 0.2) is 0 Å². The summed E-state index contributed by atoms with van der Waals surface area (Å²) in [4.78, 5) is 0. The van der Waals surface area contributed by atoms with Crippen LogP contribution in [0.5, 0.6) is 0 Å². The average molecular weight is 240 g/mol. The molecule has 0 spiro atoms. The summed E-state index contributed by atoms with van der Waals surface area (Å²) in [5.74, 6) is 0.885. The van der Waals surface area contributed by atoms with E-state index in [2.05, 4.69) is 19.9 Å². The molecular weight excluding hydrogens is 212 g/mol. The number of allylic oxidation sites excluding steroid dienone is 2. The quantitative estimate of drug-likeness (QED) is 0.724. The van der Waals surface area contributed by atoms with Crippen molar-refractivity contribution in [2.45, 2.75) is 64.9 Å². The molecule has 2 heteroatoms. The van der Waals surface area contributed by atoms with Crippen LogP contribution in [0.4, 0.5) is 0 Å². The molecule has 0 aliphatic heterocycles. The first kappa shape index (κ1) is 14.7. The van der Waals surface area contributed by atoms with Crippen LogP contribution in [0, 0.1) is 11.8 Å². The molecule has 1 aliphatic carbocycles. The van der Waals surface area contributed by atoms with E-state index in [1.54, 1.807) is 0 Å². The van der Waals surface area contributed by atoms with Crippen LogP contribution in [-0.4, -0.2) is 22.4 Å². The van der Waals surface area contributed by atoms with Gasteiger partial charge >= 0.3 is 0 Å². The van der Waals surface area contributed by atoms with Crippen LogP contribution in [-0.2, 0) is 0 Å². The molecule has 0 aromatic heterocycles. The van der Waals surface area contributed by atoms with Gasteiger partial charge in [0.1, 0.15) is 0 Å². The molecule has 1 fully saturated rings. The smallest absolute Gasteiger partial charge is 0.0650 e. The number of aliphatic hydroxyl groups is 2. The van der Waals surface area contributed by atoms with E-state index in [1.807, 2.05) is 6.92 Å². The molecule has 1 atom stereocenters. The lowest BCUT2D eigenvalue weighted by molar-refractivity contribution is -0.0314. The van der Waals surface area contributed by atoms with Crippen LogP contribution in [0.2, 0.25) is 0 Å². The van der Waals surface area contributed by atoms with Gasteiger partial charge in [-0.25, -0.2) is 0 Å². The van der Waals surface area contributed by atoms with Crippen LogP contribution in [0.25, 0.3) is 0 Å². The van der Waals surface area contributed by atoms with E-state index in [9.17, 15) is 5.11 Å². The molecule has 0 aromatic carbocycles. The van der Waals surface area contributed by atoms with E-state index in [0.29, 0.717) is 18.4 Å². The molecule has 0 heterocycles. The molecule has 1 saturated carbocycles. The van der Waals surface area contributed by atoms with Crippen molar-refractivity contribution >= 4 is 0 Å². The first-order chi connectivity index (χ1) is 7.95. The van der Waals surface area contributed by atoms with Crippen molar-refractivity contribution in [1.82, 2.24) is 0 Å². The number of aliphatic hydroxyl groups excluding tert-OH is 1. The van der Waals surface area contributed by atoms with E-state index in [1.165, 1.54) is 5.57 Å². The highest BCUT2D eigenvalue weighted by Crippen LogP contribution is 2.37. The zero-order valence-corrected chi connectivity index (χ0v) is 11.6. The predicted octanol–water partition coefficient (Wildman–Crippen LogP) is 3.28. The van der Waals surface area contributed by atoms with Gasteiger partial charge in [0.05, 0.1) is 5.60 Å². The minimum Gasteiger partial charge on any atom is -0.396 e. The maximum absolute atomic E-state index is 10.5. The lowest BCUT2D eigenvalue weighted by Crippen LogP contribution is -2.37. The van der Waals surface area contributed by atoms with Gasteiger partial charge in [-0.05, 0) is 71.1 Å². The Morgan fingerprint density at radius 1 is 1.24 bits per heavy atom. The second kappa shape index (κ2) is 6.55. The van der Waals surface area contributed by atoms with E-state index in [0.717, 1.165) is 38.5 Å². The minimum absolute atomic E-state index is 0.312. The topological polar surface area (TPSA) is 40.5 Å². The zero-order chi connectivity index (χ0) is 12.9. The van der Waals surface area contributed by atoms with Crippen LogP contribution < -0.4 is 0 Å². The van der Waals surface area contributed by atoms with Gasteiger partial charge in [-0.1, -0.05) is 11.6 Å². The van der Waals surface area contributed by atoms with E-state index >= 15 is 0 Å². The second-order valence-corrected chi connectivity index (χ2v) is 6.08. The third-order valence-electron chi connectivity index (χ3n) is 4.19. The number of hydrogen-bond donors (Lipinski definition) is 2. The normalized spacial score (nSPS) is 28.5. The van der Waals surface area contributed by atoms with Crippen molar-refractivity contribution in [3.05, 3.63) is 11.6 Å². The van der Waals surface area contributed by atoms with Crippen molar-refractivity contribution in [2.75, 3.05) is 6.61 Å². The monoisotopic (exact) mass is 240 g/mol. The molecule has 17 heavy (non-hydrogen) atoms. The summed E-state index contributed by atoms with van der Waals surface area (Å²) in [6, 6.07) is 0. The molecule has 0 saturated heterocycles. The predicted molar refractivity (Wildman–Crippen MR) is 71.8 cm³/mol. The van der Waals surface area contributed by atoms with Crippen LogP contribution >= 0.6 is 0 Å². The van der Waals surface area contributed by atoms with Crippen molar-refractivity contribution in [2.24, 2.45) is 11.8 Å². The first-order valence-corrected chi connectivity index (χ1v) is 6.92. The van der Waals surface area contributed by atoms with Crippen molar-refractivity contribution in [3.63, 3.8) is 0 Å². The maximum atomic E-state index is 10.5. The van der Waals surface area contributed by atoms with Crippen LogP contribution in [0.1, 0.15) is 59.3 Å². The molecule has 1 aliphatic rings. The Bertz CT molecular complexity index is 244. The Hall–Kier alpha value is -0.340. The van der Waals surface area contributed by atoms with Gasteiger partial charge in [-0.15, -0.1) is 0 Å². The largest absolute Gasteiger partial charge is 0.396 e. The molecular formula is C15H28O2. The molecule has 100 valence electrons. The Morgan fingerprint density at radius 2 is 1.82 bits per heavy atom. The average Bonchev–Trinajstić information content (AvgIpc) is 2.28. The summed E-state index contributed by atoms with van der Waals surface area (Å²) >= 11 is 0. The molecule has 0 aromatic rings. The van der Waals surface area contributed by atoms with Gasteiger partial charge in [-0.2, -0.15) is 0 Å². The van der Waals surface area contributed by atoms with Gasteiger partial charge in [0.25, 0.3) is 0 Å². The Morgan fingerprint density at radius 3 is 2.29 bits per heavy atom. The van der Waals surface area contributed by atoms with Crippen molar-refractivity contribution < 1.29 is 10.2 Å². The summed E-state index contributed by atoms with van der Waals surface area (Å²) in [5.41, 5.74) is 0.789. The van der Waals surface area contributed by atoms with Gasteiger partial charge in [0.2, 0.25) is 0 Å². The van der Waals surface area contributed by atoms with Crippen LogP contribution in [0.3, 0.4) is 0 Å². The molecule has 2 N–H and O–H groups in total. The summed E-state index contributed by atoms with van der Waals surface area (Å²) < 4.78 is 0. The summed E-state index contributed by atoms with van der Waals surface area (Å²) in [6.07, 6.45) is 8.29. The lowest BCUT2D eigenvalue weighted by Gasteiger charge is -2.37. The number of hydrogen-bond acceptors (Lipinski definition) is 2. The van der Waals surface area contributed by atoms with E-state index < -0.39 is 5.60 Å². The zero-order valence-electron chi connectivity index (χ0n) is 11.6. The second-order valence-electron chi connectivity index (χ2n) is 6.08. The van der Waals surface area contributed by atoms with Gasteiger partial charge < -0.3 is 10.2 Å². The van der Waals surface area contributed by atoms with E-state index in [4.69, 9.17) is 5.11 Å². The third-order valence-corrected chi connectivity index (χ3v) is 4.19. The molecule has 0 amide bonds. The number of rotatable bonds is 5. The summed E-state index contributed by atoms with van der Waals surface area (Å²) in [7, 11) is 0. The fraction of sp³-hybridized carbons (Fsp3) is 0.867. The summed E-state index contributed by atoms with van der Waals surface area (Å²) in [6.45, 7) is 6.49. The molecule has 0 radical (unpaired) electrons. The fourth-order valence-corrected chi connectivity index (χ4v) is 2.82. The standard InChI is InChI=1S/C15H28O2/c1-12(2)5-4-10-15(3,17)14-8-6-13(11-16)7-9-14/h5,13-14,16-17H,4,6-11H2,1-3H3/t13?,14?,15-/m1/s1. The first-order valence-electron chi connectivity index (χ1n) is 6.92. The SMILES string of the molecule is CC(C)=CCC[C@@](C)(O)C1CCC(CO)CC1. The highest BCUT2D eigenvalue weighted by molar-refractivity contribution is 4.95. The van der Waals surface area contributed by atoms with E-state index in [-0.39, 0.29) is 0 Å². The highest BCUT2D eigenvalue weighted by Gasteiger charge is 2.34. The Balaban J connectivity index is 2.40. The van der Waals surface area contributed by atoms with Crippen molar-refractivity contribution in [3.8, 4) is 0 Å². The van der Waals surface area contributed by atoms with Crippen LogP contribution in [0.15, 0.2) is 11.6 Å². The molecule has 0 unspecified atom stereocenters. The Kier molecular flexibility index (Phi) is 5.68. The minimum atomic E-state index is -0.535. The fourth-order valence-electron chi connectivity index (χ4n) is 2.82. The Labute approximate surface area is 106 Å². The maximum Gasteiger partial charge on any atom is 0.0650 e. The van der Waals surface area contributed by atoms with Gasteiger partial charge in [-0.3, -0.25) is 0 Å². The molecule has 0 bridgehead atoms. The third kappa shape index (κ3) is 4.81. The molecule has 1 rings (SSSR count). The van der Waals surface area contributed by atoms with Crippen molar-refractivity contribution in [1.29, 1.82) is 0 Å². The van der Waals surface area contributed by atoms with Gasteiger partial charge in [0, 0.05) is 6.61 Å². The lowest BCUT2D eigenvalue weighted by atomic mass is 9.73. The summed E-state index contributed by atoms with van der Waals surface area (Å²) in [5, 5.41) is 19.6. The molecule has 2 nitrogen and oxygen atoms in total.